The lowest BCUT2D eigenvalue weighted by molar-refractivity contribution is 0.209. The van der Waals surface area contributed by atoms with Crippen LogP contribution in [0.3, 0.4) is 0 Å². The zero-order valence-electron chi connectivity index (χ0n) is 16.1. The van der Waals surface area contributed by atoms with Crippen molar-refractivity contribution in [2.24, 2.45) is 0 Å². The van der Waals surface area contributed by atoms with Gasteiger partial charge in [0.05, 0.1) is 0 Å². The van der Waals surface area contributed by atoms with E-state index in [1.54, 1.807) is 0 Å². The summed E-state index contributed by atoms with van der Waals surface area (Å²) in [5, 5.41) is 3.65. The number of rotatable bonds is 4. The number of piperazine rings is 1. The van der Waals surface area contributed by atoms with E-state index in [1.165, 1.54) is 24.8 Å². The third-order valence-electron chi connectivity index (χ3n) is 5.50. The van der Waals surface area contributed by atoms with E-state index in [1.807, 2.05) is 0 Å². The Morgan fingerprint density at radius 3 is 2.25 bits per heavy atom. The van der Waals surface area contributed by atoms with Crippen LogP contribution in [0.25, 0.3) is 0 Å². The van der Waals surface area contributed by atoms with E-state index in [4.69, 9.17) is 4.98 Å². The van der Waals surface area contributed by atoms with Crippen LogP contribution in [-0.2, 0) is 5.41 Å². The molecule has 4 nitrogen and oxygen atoms in total. The van der Waals surface area contributed by atoms with Gasteiger partial charge < -0.3 is 10.2 Å². The van der Waals surface area contributed by atoms with E-state index in [0.29, 0.717) is 12.1 Å². The topological polar surface area (TPSA) is 31.4 Å². The number of nitrogens with zero attached hydrogens (tertiary/aromatic N) is 3. The first kappa shape index (κ1) is 17.5. The summed E-state index contributed by atoms with van der Waals surface area (Å²) in [5.74, 6) is 2.21. The molecule has 2 fully saturated rings. The highest BCUT2D eigenvalue weighted by Gasteiger charge is 2.24. The van der Waals surface area contributed by atoms with Crippen molar-refractivity contribution < 1.29 is 0 Å². The van der Waals surface area contributed by atoms with E-state index in [0.717, 1.165) is 37.8 Å². The van der Waals surface area contributed by atoms with E-state index in [2.05, 4.69) is 61.9 Å². The van der Waals surface area contributed by atoms with Crippen LogP contribution in [0.4, 0.5) is 11.6 Å². The van der Waals surface area contributed by atoms with Crippen molar-refractivity contribution in [3.8, 4) is 0 Å². The average Bonchev–Trinajstić information content (AvgIpc) is 2.50. The SMILES string of the molecule is CC(C)N1CCN(c2cc(C(C)(C)C)cc(NC3CCC3)n2)CC1. The van der Waals surface area contributed by atoms with Gasteiger partial charge in [0.1, 0.15) is 11.6 Å². The van der Waals surface area contributed by atoms with Crippen LogP contribution in [-0.4, -0.2) is 48.1 Å². The molecule has 1 saturated heterocycles. The van der Waals surface area contributed by atoms with Gasteiger partial charge in [0.15, 0.2) is 0 Å². The van der Waals surface area contributed by atoms with Crippen LogP contribution in [0.2, 0.25) is 0 Å². The molecule has 1 aliphatic carbocycles. The minimum atomic E-state index is 0.146. The van der Waals surface area contributed by atoms with Crippen molar-refractivity contribution in [3.05, 3.63) is 17.7 Å². The lowest BCUT2D eigenvalue weighted by Crippen LogP contribution is -2.49. The van der Waals surface area contributed by atoms with Gasteiger partial charge in [-0.2, -0.15) is 0 Å². The van der Waals surface area contributed by atoms with Gasteiger partial charge in [-0.05, 0) is 56.2 Å². The molecule has 0 bridgehead atoms. The number of anilines is 2. The van der Waals surface area contributed by atoms with Crippen LogP contribution in [0.1, 0.15) is 59.4 Å². The average molecular weight is 331 g/mol. The molecular weight excluding hydrogens is 296 g/mol. The molecule has 1 aliphatic heterocycles. The van der Waals surface area contributed by atoms with Crippen LogP contribution in [0, 0.1) is 0 Å². The van der Waals surface area contributed by atoms with Gasteiger partial charge in [0, 0.05) is 38.3 Å². The Morgan fingerprint density at radius 1 is 1.08 bits per heavy atom. The molecule has 134 valence electrons. The quantitative estimate of drug-likeness (QED) is 0.908. The number of pyridine rings is 1. The first-order valence-electron chi connectivity index (χ1n) is 9.61. The Kier molecular flexibility index (Phi) is 5.05. The molecule has 1 aromatic heterocycles. The van der Waals surface area contributed by atoms with Crippen LogP contribution < -0.4 is 10.2 Å². The highest BCUT2D eigenvalue weighted by Crippen LogP contribution is 2.30. The molecule has 1 N–H and O–H groups in total. The van der Waals surface area contributed by atoms with Gasteiger partial charge >= 0.3 is 0 Å². The molecule has 2 heterocycles. The summed E-state index contributed by atoms with van der Waals surface area (Å²) in [4.78, 5) is 9.97. The zero-order chi connectivity index (χ0) is 17.3. The molecule has 1 aromatic rings. The number of hydrogen-bond acceptors (Lipinski definition) is 4. The van der Waals surface area contributed by atoms with Crippen LogP contribution in [0.15, 0.2) is 12.1 Å². The fraction of sp³-hybridized carbons (Fsp3) is 0.750. The Morgan fingerprint density at radius 2 is 1.75 bits per heavy atom. The molecule has 1 saturated carbocycles. The van der Waals surface area contributed by atoms with Crippen molar-refractivity contribution >= 4 is 11.6 Å². The van der Waals surface area contributed by atoms with Gasteiger partial charge in [0.2, 0.25) is 0 Å². The van der Waals surface area contributed by atoms with Gasteiger partial charge in [-0.15, -0.1) is 0 Å². The van der Waals surface area contributed by atoms with Crippen molar-refractivity contribution in [1.29, 1.82) is 0 Å². The Labute approximate surface area is 147 Å². The molecule has 0 spiro atoms. The largest absolute Gasteiger partial charge is 0.367 e. The van der Waals surface area contributed by atoms with Crippen LogP contribution >= 0.6 is 0 Å². The molecular formula is C20H34N4. The standard InChI is InChI=1S/C20H34N4/c1-15(2)23-9-11-24(12-10-23)19-14-16(20(3,4)5)13-18(22-19)21-17-7-6-8-17/h13-15,17H,6-12H2,1-5H3,(H,21,22). The molecule has 0 unspecified atom stereocenters. The monoisotopic (exact) mass is 330 g/mol. The van der Waals surface area contributed by atoms with Crippen molar-refractivity contribution in [3.63, 3.8) is 0 Å². The van der Waals surface area contributed by atoms with Gasteiger partial charge in [-0.25, -0.2) is 4.98 Å². The minimum absolute atomic E-state index is 0.146. The molecule has 0 amide bonds. The Balaban J connectivity index is 1.79. The summed E-state index contributed by atoms with van der Waals surface area (Å²) in [6, 6.07) is 5.82. The van der Waals surface area contributed by atoms with E-state index in [-0.39, 0.29) is 5.41 Å². The fourth-order valence-corrected chi connectivity index (χ4v) is 3.41. The second-order valence-corrected chi connectivity index (χ2v) is 8.74. The van der Waals surface area contributed by atoms with Gasteiger partial charge in [0.25, 0.3) is 0 Å². The Bertz CT molecular complexity index is 549. The number of hydrogen-bond donors (Lipinski definition) is 1. The van der Waals surface area contributed by atoms with E-state index in [9.17, 15) is 0 Å². The molecule has 4 heteroatoms. The Hall–Kier alpha value is -1.29. The van der Waals surface area contributed by atoms with Crippen molar-refractivity contribution in [1.82, 2.24) is 9.88 Å². The zero-order valence-corrected chi connectivity index (χ0v) is 16.1. The van der Waals surface area contributed by atoms with E-state index < -0.39 is 0 Å². The predicted octanol–water partition coefficient (Wildman–Crippen LogP) is 3.87. The van der Waals surface area contributed by atoms with Crippen molar-refractivity contribution in [2.75, 3.05) is 36.4 Å². The molecule has 0 atom stereocenters. The molecule has 3 rings (SSSR count). The maximum atomic E-state index is 4.96. The normalized spacial score (nSPS) is 20.3. The minimum Gasteiger partial charge on any atom is -0.367 e. The summed E-state index contributed by atoms with van der Waals surface area (Å²) < 4.78 is 0. The maximum Gasteiger partial charge on any atom is 0.131 e. The third kappa shape index (κ3) is 4.02. The molecule has 0 radical (unpaired) electrons. The summed E-state index contributed by atoms with van der Waals surface area (Å²) in [5.41, 5.74) is 1.52. The highest BCUT2D eigenvalue weighted by molar-refractivity contribution is 5.53. The summed E-state index contributed by atoms with van der Waals surface area (Å²) in [7, 11) is 0. The smallest absolute Gasteiger partial charge is 0.131 e. The first-order valence-corrected chi connectivity index (χ1v) is 9.61. The van der Waals surface area contributed by atoms with Gasteiger partial charge in [-0.3, -0.25) is 4.90 Å². The lowest BCUT2D eigenvalue weighted by atomic mass is 9.87. The second kappa shape index (κ2) is 6.91. The van der Waals surface area contributed by atoms with E-state index >= 15 is 0 Å². The van der Waals surface area contributed by atoms with Crippen LogP contribution in [0.5, 0.6) is 0 Å². The second-order valence-electron chi connectivity index (χ2n) is 8.74. The number of nitrogens with one attached hydrogen (secondary N) is 1. The maximum absolute atomic E-state index is 4.96. The predicted molar refractivity (Wildman–Crippen MR) is 103 cm³/mol. The first-order chi connectivity index (χ1) is 11.3. The summed E-state index contributed by atoms with van der Waals surface area (Å²) in [6.45, 7) is 15.8. The summed E-state index contributed by atoms with van der Waals surface area (Å²) in [6.07, 6.45) is 3.91. The molecule has 2 aliphatic rings. The fourth-order valence-electron chi connectivity index (χ4n) is 3.41. The third-order valence-corrected chi connectivity index (χ3v) is 5.50. The van der Waals surface area contributed by atoms with Crippen molar-refractivity contribution in [2.45, 2.75) is 71.4 Å². The number of aromatic nitrogens is 1. The summed E-state index contributed by atoms with van der Waals surface area (Å²) >= 11 is 0. The highest BCUT2D eigenvalue weighted by atomic mass is 15.3. The molecule has 24 heavy (non-hydrogen) atoms. The molecule has 0 aromatic carbocycles. The van der Waals surface area contributed by atoms with Gasteiger partial charge in [-0.1, -0.05) is 20.8 Å². The lowest BCUT2D eigenvalue weighted by Gasteiger charge is -2.38.